The number of benzene rings is 2. The Bertz CT molecular complexity index is 552. The molecule has 0 saturated heterocycles. The van der Waals surface area contributed by atoms with Crippen LogP contribution in [0.1, 0.15) is 17.2 Å². The van der Waals surface area contributed by atoms with Gasteiger partial charge in [0.25, 0.3) is 0 Å². The quantitative estimate of drug-likeness (QED) is 0.888. The summed E-state index contributed by atoms with van der Waals surface area (Å²) >= 11 is 5.85. The van der Waals surface area contributed by atoms with Crippen LogP contribution in [0, 0.1) is 0 Å². The van der Waals surface area contributed by atoms with Gasteiger partial charge in [-0.2, -0.15) is 0 Å². The van der Waals surface area contributed by atoms with Crippen molar-refractivity contribution in [3.05, 3.63) is 64.7 Å². The van der Waals surface area contributed by atoms with Crippen molar-refractivity contribution in [2.45, 2.75) is 6.10 Å². The predicted octanol–water partition coefficient (Wildman–Crippen LogP) is 3.36. The monoisotopic (exact) mass is 305 g/mol. The molecule has 0 aliphatic heterocycles. The first-order valence-corrected chi connectivity index (χ1v) is 7.25. The number of aliphatic hydroxyl groups excluding tert-OH is 1. The molecule has 0 fully saturated rings. The second kappa shape index (κ2) is 7.46. The van der Waals surface area contributed by atoms with E-state index in [0.717, 1.165) is 23.4 Å². The molecule has 2 aromatic carbocycles. The second-order valence-electron chi connectivity index (χ2n) is 5.17. The molecule has 0 spiro atoms. The smallest absolute Gasteiger partial charge is 0.119 e. The number of hydrogen-bond acceptors (Lipinski definition) is 3. The SMILES string of the molecule is CN(C)CCOc1ccc(C(O)c2ccc(Cl)cc2)cc1. The molecule has 2 rings (SSSR count). The molecule has 0 amide bonds. The molecular weight excluding hydrogens is 286 g/mol. The minimum Gasteiger partial charge on any atom is -0.492 e. The van der Waals surface area contributed by atoms with Crippen LogP contribution in [0.3, 0.4) is 0 Å². The second-order valence-corrected chi connectivity index (χ2v) is 5.61. The van der Waals surface area contributed by atoms with Gasteiger partial charge in [0, 0.05) is 11.6 Å². The minimum absolute atomic E-state index is 0.645. The van der Waals surface area contributed by atoms with Gasteiger partial charge in [-0.25, -0.2) is 0 Å². The lowest BCUT2D eigenvalue weighted by Crippen LogP contribution is -2.19. The van der Waals surface area contributed by atoms with Crippen molar-refractivity contribution in [3.63, 3.8) is 0 Å². The summed E-state index contributed by atoms with van der Waals surface area (Å²) in [5.74, 6) is 0.809. The standard InChI is InChI=1S/C17H20ClNO2/c1-19(2)11-12-21-16-9-5-14(6-10-16)17(20)13-3-7-15(18)8-4-13/h3-10,17,20H,11-12H2,1-2H3. The van der Waals surface area contributed by atoms with Crippen molar-refractivity contribution in [2.24, 2.45) is 0 Å². The Kier molecular flexibility index (Phi) is 5.62. The Hall–Kier alpha value is -1.55. The molecule has 0 radical (unpaired) electrons. The predicted molar refractivity (Wildman–Crippen MR) is 86.0 cm³/mol. The summed E-state index contributed by atoms with van der Waals surface area (Å²) in [7, 11) is 4.02. The summed E-state index contributed by atoms with van der Waals surface area (Å²) in [5, 5.41) is 11.0. The fourth-order valence-electron chi connectivity index (χ4n) is 1.93. The minimum atomic E-state index is -0.655. The average Bonchev–Trinajstić information content (AvgIpc) is 2.48. The first kappa shape index (κ1) is 15.8. The van der Waals surface area contributed by atoms with Crippen molar-refractivity contribution in [3.8, 4) is 5.75 Å². The van der Waals surface area contributed by atoms with Crippen LogP contribution in [-0.2, 0) is 0 Å². The molecular formula is C17H20ClNO2. The van der Waals surface area contributed by atoms with Crippen LogP contribution in [0.2, 0.25) is 5.02 Å². The Morgan fingerprint density at radius 2 is 1.52 bits per heavy atom. The lowest BCUT2D eigenvalue weighted by molar-refractivity contribution is 0.220. The van der Waals surface area contributed by atoms with Gasteiger partial charge < -0.3 is 14.7 Å². The zero-order valence-electron chi connectivity index (χ0n) is 12.3. The summed E-state index contributed by atoms with van der Waals surface area (Å²) in [6.45, 7) is 1.52. The number of likely N-dealkylation sites (N-methyl/N-ethyl adjacent to an activating group) is 1. The number of rotatable bonds is 6. The van der Waals surface area contributed by atoms with Gasteiger partial charge in [0.2, 0.25) is 0 Å². The van der Waals surface area contributed by atoms with E-state index >= 15 is 0 Å². The fourth-order valence-corrected chi connectivity index (χ4v) is 2.06. The van der Waals surface area contributed by atoms with Crippen LogP contribution >= 0.6 is 11.6 Å². The fraction of sp³-hybridized carbons (Fsp3) is 0.294. The van der Waals surface area contributed by atoms with Crippen LogP contribution < -0.4 is 4.74 Å². The molecule has 3 nitrogen and oxygen atoms in total. The first-order chi connectivity index (χ1) is 10.1. The third-order valence-corrected chi connectivity index (χ3v) is 3.44. The molecule has 0 aliphatic rings. The molecule has 0 heterocycles. The maximum Gasteiger partial charge on any atom is 0.119 e. The van der Waals surface area contributed by atoms with Crippen molar-refractivity contribution >= 4 is 11.6 Å². The van der Waals surface area contributed by atoms with E-state index in [1.165, 1.54) is 0 Å². The van der Waals surface area contributed by atoms with E-state index in [4.69, 9.17) is 16.3 Å². The molecule has 0 bridgehead atoms. The largest absolute Gasteiger partial charge is 0.492 e. The average molecular weight is 306 g/mol. The third kappa shape index (κ3) is 4.74. The van der Waals surface area contributed by atoms with Gasteiger partial charge in [0.15, 0.2) is 0 Å². The lowest BCUT2D eigenvalue weighted by atomic mass is 10.0. The van der Waals surface area contributed by atoms with Gasteiger partial charge in [-0.1, -0.05) is 35.9 Å². The molecule has 0 aromatic heterocycles. The molecule has 0 aliphatic carbocycles. The zero-order chi connectivity index (χ0) is 15.2. The van der Waals surface area contributed by atoms with Crippen LogP contribution in [0.4, 0.5) is 0 Å². The van der Waals surface area contributed by atoms with Crippen LogP contribution in [0.15, 0.2) is 48.5 Å². The normalized spacial score (nSPS) is 12.4. The van der Waals surface area contributed by atoms with Crippen molar-refractivity contribution < 1.29 is 9.84 Å². The maximum absolute atomic E-state index is 10.3. The molecule has 4 heteroatoms. The highest BCUT2D eigenvalue weighted by atomic mass is 35.5. The molecule has 0 saturated carbocycles. The van der Waals surface area contributed by atoms with E-state index in [1.807, 2.05) is 50.5 Å². The summed E-state index contributed by atoms with van der Waals surface area (Å²) < 4.78 is 5.63. The van der Waals surface area contributed by atoms with Crippen LogP contribution in [-0.4, -0.2) is 37.3 Å². The van der Waals surface area contributed by atoms with Gasteiger partial charge >= 0.3 is 0 Å². The summed E-state index contributed by atoms with van der Waals surface area (Å²) in [4.78, 5) is 2.07. The van der Waals surface area contributed by atoms with Crippen LogP contribution in [0.5, 0.6) is 5.75 Å². The molecule has 1 N–H and O–H groups in total. The maximum atomic E-state index is 10.3. The Morgan fingerprint density at radius 1 is 1.00 bits per heavy atom. The number of nitrogens with zero attached hydrogens (tertiary/aromatic N) is 1. The Labute approximate surface area is 130 Å². The van der Waals surface area contributed by atoms with E-state index in [1.54, 1.807) is 12.1 Å². The third-order valence-electron chi connectivity index (χ3n) is 3.19. The molecule has 112 valence electrons. The van der Waals surface area contributed by atoms with E-state index in [-0.39, 0.29) is 0 Å². The number of hydrogen-bond donors (Lipinski definition) is 1. The summed E-state index contributed by atoms with van der Waals surface area (Å²) in [6.07, 6.45) is -0.655. The first-order valence-electron chi connectivity index (χ1n) is 6.87. The molecule has 2 aromatic rings. The van der Waals surface area contributed by atoms with Gasteiger partial charge in [-0.15, -0.1) is 0 Å². The molecule has 1 unspecified atom stereocenters. The van der Waals surface area contributed by atoms with Crippen molar-refractivity contribution in [1.29, 1.82) is 0 Å². The topological polar surface area (TPSA) is 32.7 Å². The molecule has 1 atom stereocenters. The van der Waals surface area contributed by atoms with E-state index in [9.17, 15) is 5.11 Å². The number of aliphatic hydroxyl groups is 1. The highest BCUT2D eigenvalue weighted by molar-refractivity contribution is 6.30. The van der Waals surface area contributed by atoms with E-state index in [0.29, 0.717) is 11.6 Å². The van der Waals surface area contributed by atoms with Crippen LogP contribution in [0.25, 0.3) is 0 Å². The van der Waals surface area contributed by atoms with Gasteiger partial charge in [-0.05, 0) is 49.5 Å². The van der Waals surface area contributed by atoms with Crippen molar-refractivity contribution in [2.75, 3.05) is 27.2 Å². The Balaban J connectivity index is 1.99. The lowest BCUT2D eigenvalue weighted by Gasteiger charge is -2.14. The van der Waals surface area contributed by atoms with E-state index in [2.05, 4.69) is 4.90 Å². The highest BCUT2D eigenvalue weighted by Gasteiger charge is 2.10. The van der Waals surface area contributed by atoms with Gasteiger partial charge in [-0.3, -0.25) is 0 Å². The van der Waals surface area contributed by atoms with E-state index < -0.39 is 6.10 Å². The highest BCUT2D eigenvalue weighted by Crippen LogP contribution is 2.25. The van der Waals surface area contributed by atoms with Gasteiger partial charge in [0.05, 0.1) is 0 Å². The van der Waals surface area contributed by atoms with Gasteiger partial charge in [0.1, 0.15) is 18.5 Å². The summed E-state index contributed by atoms with van der Waals surface area (Å²) in [5.41, 5.74) is 1.65. The summed E-state index contributed by atoms with van der Waals surface area (Å²) in [6, 6.07) is 14.7. The Morgan fingerprint density at radius 3 is 2.05 bits per heavy atom. The number of halogens is 1. The molecule has 21 heavy (non-hydrogen) atoms. The zero-order valence-corrected chi connectivity index (χ0v) is 13.0. The van der Waals surface area contributed by atoms with Crippen molar-refractivity contribution in [1.82, 2.24) is 4.90 Å². The number of ether oxygens (including phenoxy) is 1.